The van der Waals surface area contributed by atoms with E-state index in [-0.39, 0.29) is 16.1 Å². The zero-order chi connectivity index (χ0) is 14.0. The van der Waals surface area contributed by atoms with E-state index in [1.54, 1.807) is 6.07 Å². The first-order valence-corrected chi connectivity index (χ1v) is 7.09. The molecule has 19 heavy (non-hydrogen) atoms. The van der Waals surface area contributed by atoms with Crippen molar-refractivity contribution in [1.29, 1.82) is 0 Å². The predicted molar refractivity (Wildman–Crippen MR) is 79.6 cm³/mol. The first kappa shape index (κ1) is 14.3. The monoisotopic (exact) mass is 327 g/mol. The molecule has 0 bridgehead atoms. The predicted octanol–water partition coefficient (Wildman–Crippen LogP) is 3.25. The van der Waals surface area contributed by atoms with Gasteiger partial charge in [-0.05, 0) is 55.4 Å². The quantitative estimate of drug-likeness (QED) is 0.666. The summed E-state index contributed by atoms with van der Waals surface area (Å²) in [5, 5.41) is 14.1. The number of hydrogen-bond acceptors (Lipinski definition) is 4. The fraction of sp³-hybridized carbons (Fsp3) is 0.538. The van der Waals surface area contributed by atoms with Crippen molar-refractivity contribution in [3.05, 3.63) is 32.8 Å². The molecule has 1 aliphatic carbocycles. The Bertz CT molecular complexity index is 487. The topological polar surface area (TPSA) is 58.4 Å². The SMILES string of the molecule is CN(C)C1(CNc2ccc([N+](=O)[O-])cc2Br)CCC1. The second-order valence-electron chi connectivity index (χ2n) is 5.25. The molecule has 1 N–H and O–H groups in total. The molecule has 1 aliphatic rings. The van der Waals surface area contributed by atoms with Gasteiger partial charge in [-0.1, -0.05) is 0 Å². The lowest BCUT2D eigenvalue weighted by atomic mass is 9.75. The fourth-order valence-electron chi connectivity index (χ4n) is 2.39. The van der Waals surface area contributed by atoms with Gasteiger partial charge >= 0.3 is 0 Å². The number of rotatable bonds is 5. The number of nitro groups is 1. The molecule has 5 nitrogen and oxygen atoms in total. The molecule has 0 aliphatic heterocycles. The molecule has 0 radical (unpaired) electrons. The molecular weight excluding hydrogens is 310 g/mol. The van der Waals surface area contributed by atoms with Gasteiger partial charge in [-0.25, -0.2) is 0 Å². The molecule has 0 heterocycles. The van der Waals surface area contributed by atoms with Crippen LogP contribution in [-0.2, 0) is 0 Å². The molecular formula is C13H18BrN3O2. The van der Waals surface area contributed by atoms with Crippen LogP contribution in [0, 0.1) is 10.1 Å². The van der Waals surface area contributed by atoms with Gasteiger partial charge in [-0.15, -0.1) is 0 Å². The van der Waals surface area contributed by atoms with Gasteiger partial charge in [0.1, 0.15) is 0 Å². The van der Waals surface area contributed by atoms with E-state index >= 15 is 0 Å². The summed E-state index contributed by atoms with van der Waals surface area (Å²) in [5.41, 5.74) is 1.23. The van der Waals surface area contributed by atoms with Crippen LogP contribution in [0.1, 0.15) is 19.3 Å². The van der Waals surface area contributed by atoms with Crippen LogP contribution in [0.5, 0.6) is 0 Å². The van der Waals surface area contributed by atoms with E-state index in [9.17, 15) is 10.1 Å². The zero-order valence-corrected chi connectivity index (χ0v) is 12.7. The summed E-state index contributed by atoms with van der Waals surface area (Å²) in [5.74, 6) is 0. The van der Waals surface area contributed by atoms with E-state index in [2.05, 4.69) is 40.2 Å². The second kappa shape index (κ2) is 5.46. The Balaban J connectivity index is 2.06. The zero-order valence-electron chi connectivity index (χ0n) is 11.1. The van der Waals surface area contributed by atoms with Gasteiger partial charge in [0.25, 0.3) is 5.69 Å². The number of hydrogen-bond donors (Lipinski definition) is 1. The van der Waals surface area contributed by atoms with Crippen molar-refractivity contribution >= 4 is 27.3 Å². The number of nitrogens with one attached hydrogen (secondary N) is 1. The van der Waals surface area contributed by atoms with Crippen LogP contribution in [0.2, 0.25) is 0 Å². The van der Waals surface area contributed by atoms with Gasteiger partial charge < -0.3 is 10.2 Å². The van der Waals surface area contributed by atoms with Crippen LogP contribution < -0.4 is 5.32 Å². The Morgan fingerprint density at radius 3 is 2.58 bits per heavy atom. The summed E-state index contributed by atoms with van der Waals surface area (Å²) >= 11 is 3.38. The minimum Gasteiger partial charge on any atom is -0.382 e. The summed E-state index contributed by atoms with van der Waals surface area (Å²) in [6.07, 6.45) is 3.65. The smallest absolute Gasteiger partial charge is 0.270 e. The molecule has 0 saturated heterocycles. The fourth-order valence-corrected chi connectivity index (χ4v) is 2.89. The van der Waals surface area contributed by atoms with Crippen molar-refractivity contribution < 1.29 is 4.92 Å². The standard InChI is InChI=1S/C13H18BrN3O2/c1-16(2)13(6-3-7-13)9-15-12-5-4-10(17(18)19)8-11(12)14/h4-5,8,15H,3,6-7,9H2,1-2H3. The molecule has 6 heteroatoms. The molecule has 1 aromatic rings. The van der Waals surface area contributed by atoms with E-state index in [4.69, 9.17) is 0 Å². The van der Waals surface area contributed by atoms with Gasteiger partial charge in [0, 0.05) is 34.4 Å². The maximum absolute atomic E-state index is 10.7. The highest BCUT2D eigenvalue weighted by Crippen LogP contribution is 2.37. The lowest BCUT2D eigenvalue weighted by Crippen LogP contribution is -2.54. The van der Waals surface area contributed by atoms with Crippen LogP contribution in [-0.4, -0.2) is 36.0 Å². The van der Waals surface area contributed by atoms with Gasteiger partial charge in [-0.2, -0.15) is 0 Å². The third-order valence-electron chi connectivity index (χ3n) is 4.00. The Labute approximate surface area is 121 Å². The molecule has 0 unspecified atom stereocenters. The number of nitro benzene ring substituents is 1. The maximum Gasteiger partial charge on any atom is 0.270 e. The van der Waals surface area contributed by atoms with Crippen molar-refractivity contribution in [1.82, 2.24) is 4.90 Å². The summed E-state index contributed by atoms with van der Waals surface area (Å²) in [6, 6.07) is 4.81. The van der Waals surface area contributed by atoms with E-state index in [0.29, 0.717) is 0 Å². The van der Waals surface area contributed by atoms with Gasteiger partial charge in [-0.3, -0.25) is 10.1 Å². The van der Waals surface area contributed by atoms with Crippen molar-refractivity contribution in [3.63, 3.8) is 0 Å². The molecule has 0 atom stereocenters. The van der Waals surface area contributed by atoms with Crippen molar-refractivity contribution in [3.8, 4) is 0 Å². The Kier molecular flexibility index (Phi) is 4.10. The highest BCUT2D eigenvalue weighted by Gasteiger charge is 2.38. The van der Waals surface area contributed by atoms with Crippen molar-refractivity contribution in [2.45, 2.75) is 24.8 Å². The van der Waals surface area contributed by atoms with Crippen LogP contribution in [0.4, 0.5) is 11.4 Å². The largest absolute Gasteiger partial charge is 0.382 e. The average molecular weight is 328 g/mol. The summed E-state index contributed by atoms with van der Waals surface area (Å²) in [7, 11) is 4.21. The van der Waals surface area contributed by atoms with Crippen molar-refractivity contribution in [2.24, 2.45) is 0 Å². The molecule has 0 spiro atoms. The molecule has 1 saturated carbocycles. The third-order valence-corrected chi connectivity index (χ3v) is 4.66. The molecule has 0 amide bonds. The first-order chi connectivity index (χ1) is 8.94. The Morgan fingerprint density at radius 1 is 1.47 bits per heavy atom. The minimum absolute atomic E-state index is 0.100. The molecule has 0 aromatic heterocycles. The van der Waals surface area contributed by atoms with Crippen LogP contribution >= 0.6 is 15.9 Å². The van der Waals surface area contributed by atoms with E-state index < -0.39 is 0 Å². The van der Waals surface area contributed by atoms with E-state index in [1.165, 1.54) is 31.4 Å². The third kappa shape index (κ3) is 2.90. The first-order valence-electron chi connectivity index (χ1n) is 6.30. The number of benzene rings is 1. The highest BCUT2D eigenvalue weighted by molar-refractivity contribution is 9.10. The van der Waals surface area contributed by atoms with Crippen molar-refractivity contribution in [2.75, 3.05) is 26.0 Å². The van der Waals surface area contributed by atoms with E-state index in [1.807, 2.05) is 0 Å². The second-order valence-corrected chi connectivity index (χ2v) is 6.10. The number of nitrogens with zero attached hydrogens (tertiary/aromatic N) is 2. The lowest BCUT2D eigenvalue weighted by Gasteiger charge is -2.47. The summed E-state index contributed by atoms with van der Waals surface area (Å²) < 4.78 is 0.731. The van der Waals surface area contributed by atoms with Crippen LogP contribution in [0.25, 0.3) is 0 Å². The van der Waals surface area contributed by atoms with Crippen LogP contribution in [0.15, 0.2) is 22.7 Å². The maximum atomic E-state index is 10.7. The lowest BCUT2D eigenvalue weighted by molar-refractivity contribution is -0.384. The van der Waals surface area contributed by atoms with Gasteiger partial charge in [0.15, 0.2) is 0 Å². The molecule has 2 rings (SSSR count). The average Bonchev–Trinajstić information content (AvgIpc) is 2.28. The number of anilines is 1. The number of halogens is 1. The molecule has 1 fully saturated rings. The molecule has 1 aromatic carbocycles. The number of likely N-dealkylation sites (N-methyl/N-ethyl adjacent to an activating group) is 1. The molecule has 104 valence electrons. The van der Waals surface area contributed by atoms with E-state index in [0.717, 1.165) is 16.7 Å². The highest BCUT2D eigenvalue weighted by atomic mass is 79.9. The Hall–Kier alpha value is -1.14. The minimum atomic E-state index is -0.387. The van der Waals surface area contributed by atoms with Gasteiger partial charge in [0.05, 0.1) is 4.92 Å². The Morgan fingerprint density at radius 2 is 2.16 bits per heavy atom. The summed E-state index contributed by atoms with van der Waals surface area (Å²) in [4.78, 5) is 12.6. The van der Waals surface area contributed by atoms with Crippen LogP contribution in [0.3, 0.4) is 0 Å². The van der Waals surface area contributed by atoms with Gasteiger partial charge in [0.2, 0.25) is 0 Å². The number of non-ortho nitro benzene ring substituents is 1. The summed E-state index contributed by atoms with van der Waals surface area (Å²) in [6.45, 7) is 0.858. The normalized spacial score (nSPS) is 17.1.